The summed E-state index contributed by atoms with van der Waals surface area (Å²) in [7, 11) is 0. The largest absolute Gasteiger partial charge is 0.350 e. The molecule has 0 radical (unpaired) electrons. The average Bonchev–Trinajstić information content (AvgIpc) is 2.01. The van der Waals surface area contributed by atoms with E-state index in [0.717, 1.165) is 25.7 Å². The van der Waals surface area contributed by atoms with Crippen LogP contribution in [0.25, 0.3) is 0 Å². The summed E-state index contributed by atoms with van der Waals surface area (Å²) < 4.78 is 0. The van der Waals surface area contributed by atoms with Crippen molar-refractivity contribution in [3.05, 3.63) is 0 Å². The number of nitrogens with one attached hydrogen (secondary N) is 1. The molecule has 3 heteroatoms. The summed E-state index contributed by atoms with van der Waals surface area (Å²) in [6.07, 6.45) is 4.11. The molecule has 0 saturated carbocycles. The van der Waals surface area contributed by atoms with E-state index in [2.05, 4.69) is 12.2 Å². The van der Waals surface area contributed by atoms with Crippen LogP contribution in [0.1, 0.15) is 53.4 Å². The third-order valence-corrected chi connectivity index (χ3v) is 2.26. The second-order valence-electron chi connectivity index (χ2n) is 4.70. The summed E-state index contributed by atoms with van der Waals surface area (Å²) in [5.74, 6) is -0.0460. The predicted molar refractivity (Wildman–Crippen MR) is 61.7 cm³/mol. The fraction of sp³-hybridized carbons (Fsp3) is 0.909. The lowest BCUT2D eigenvalue weighted by atomic mass is 10.1. The highest BCUT2D eigenvalue weighted by Gasteiger charge is 2.20. The molecule has 0 aliphatic rings. The van der Waals surface area contributed by atoms with Gasteiger partial charge in [0.1, 0.15) is 5.38 Å². The maximum absolute atomic E-state index is 11.5. The number of hydrogen-bond donors (Lipinski definition) is 1. The van der Waals surface area contributed by atoms with E-state index in [-0.39, 0.29) is 16.8 Å². The Bertz CT molecular complexity index is 175. The standard InChI is InChI=1S/C11H22ClNO/c1-5-6-7-8-9(12)10(14)13-11(2,3)4/h9H,5-8H2,1-4H3,(H,13,14). The van der Waals surface area contributed by atoms with Gasteiger partial charge in [-0.25, -0.2) is 0 Å². The molecule has 1 N–H and O–H groups in total. The number of halogens is 1. The van der Waals surface area contributed by atoms with E-state index < -0.39 is 0 Å². The van der Waals surface area contributed by atoms with Gasteiger partial charge in [-0.2, -0.15) is 0 Å². The number of carbonyl (C=O) groups excluding carboxylic acids is 1. The summed E-state index contributed by atoms with van der Waals surface area (Å²) >= 11 is 5.96. The lowest BCUT2D eigenvalue weighted by Crippen LogP contribution is -2.44. The second-order valence-corrected chi connectivity index (χ2v) is 5.23. The molecule has 84 valence electrons. The van der Waals surface area contributed by atoms with Crippen LogP contribution in [-0.2, 0) is 4.79 Å². The zero-order valence-electron chi connectivity index (χ0n) is 9.69. The minimum atomic E-state index is -0.374. The number of carbonyl (C=O) groups is 1. The van der Waals surface area contributed by atoms with Gasteiger partial charge in [0.2, 0.25) is 5.91 Å². The maximum Gasteiger partial charge on any atom is 0.238 e. The first-order valence-corrected chi connectivity index (χ1v) is 5.76. The molecule has 0 bridgehead atoms. The fourth-order valence-corrected chi connectivity index (χ4v) is 1.36. The van der Waals surface area contributed by atoms with Gasteiger partial charge in [-0.05, 0) is 27.2 Å². The average molecular weight is 220 g/mol. The Morgan fingerprint density at radius 2 is 1.93 bits per heavy atom. The molecule has 0 aromatic heterocycles. The maximum atomic E-state index is 11.5. The van der Waals surface area contributed by atoms with Crippen molar-refractivity contribution in [2.45, 2.75) is 64.3 Å². The van der Waals surface area contributed by atoms with E-state index in [1.54, 1.807) is 0 Å². The Morgan fingerprint density at radius 1 is 1.36 bits per heavy atom. The molecule has 0 aliphatic carbocycles. The van der Waals surface area contributed by atoms with Gasteiger partial charge in [-0.15, -0.1) is 11.6 Å². The zero-order valence-corrected chi connectivity index (χ0v) is 10.4. The van der Waals surface area contributed by atoms with Gasteiger partial charge in [0, 0.05) is 5.54 Å². The van der Waals surface area contributed by atoms with Crippen LogP contribution in [0.5, 0.6) is 0 Å². The molecule has 0 aliphatic heterocycles. The molecule has 0 aromatic carbocycles. The van der Waals surface area contributed by atoms with Crippen LogP contribution in [-0.4, -0.2) is 16.8 Å². The first-order chi connectivity index (χ1) is 6.37. The number of hydrogen-bond acceptors (Lipinski definition) is 1. The van der Waals surface area contributed by atoms with E-state index in [1.165, 1.54) is 0 Å². The number of alkyl halides is 1. The molecule has 14 heavy (non-hydrogen) atoms. The minimum absolute atomic E-state index is 0.0460. The molecule has 0 saturated heterocycles. The highest BCUT2D eigenvalue weighted by atomic mass is 35.5. The van der Waals surface area contributed by atoms with Crippen LogP contribution in [0, 0.1) is 0 Å². The molecule has 0 fully saturated rings. The van der Waals surface area contributed by atoms with Crippen LogP contribution in [0.15, 0.2) is 0 Å². The highest BCUT2D eigenvalue weighted by molar-refractivity contribution is 6.30. The Balaban J connectivity index is 3.77. The molecule has 0 spiro atoms. The van der Waals surface area contributed by atoms with Crippen LogP contribution in [0.3, 0.4) is 0 Å². The molecule has 1 unspecified atom stereocenters. The molecule has 0 aromatic rings. The third-order valence-electron chi connectivity index (χ3n) is 1.84. The smallest absolute Gasteiger partial charge is 0.238 e. The van der Waals surface area contributed by atoms with E-state index in [1.807, 2.05) is 20.8 Å². The van der Waals surface area contributed by atoms with Gasteiger partial charge in [0.05, 0.1) is 0 Å². The van der Waals surface area contributed by atoms with Gasteiger partial charge in [-0.3, -0.25) is 4.79 Å². The van der Waals surface area contributed by atoms with E-state index >= 15 is 0 Å². The lowest BCUT2D eigenvalue weighted by molar-refractivity contribution is -0.122. The van der Waals surface area contributed by atoms with Crippen LogP contribution in [0.2, 0.25) is 0 Å². The zero-order chi connectivity index (χ0) is 11.2. The van der Waals surface area contributed by atoms with Gasteiger partial charge in [-0.1, -0.05) is 26.2 Å². The Kier molecular flexibility index (Phi) is 6.17. The fourth-order valence-electron chi connectivity index (χ4n) is 1.15. The summed E-state index contributed by atoms with van der Waals surface area (Å²) in [4.78, 5) is 11.5. The molecular formula is C11H22ClNO. The quantitative estimate of drug-likeness (QED) is 0.559. The van der Waals surface area contributed by atoms with Crippen molar-refractivity contribution in [3.8, 4) is 0 Å². The van der Waals surface area contributed by atoms with Crippen molar-refractivity contribution in [1.82, 2.24) is 5.32 Å². The Labute approximate surface area is 92.4 Å². The van der Waals surface area contributed by atoms with Gasteiger partial charge < -0.3 is 5.32 Å². The topological polar surface area (TPSA) is 29.1 Å². The predicted octanol–water partition coefficient (Wildman–Crippen LogP) is 3.09. The van der Waals surface area contributed by atoms with Crippen molar-refractivity contribution in [2.24, 2.45) is 0 Å². The van der Waals surface area contributed by atoms with Gasteiger partial charge >= 0.3 is 0 Å². The van der Waals surface area contributed by atoms with Gasteiger partial charge in [0.15, 0.2) is 0 Å². The molecule has 2 nitrogen and oxygen atoms in total. The second kappa shape index (κ2) is 6.28. The van der Waals surface area contributed by atoms with Crippen LogP contribution >= 0.6 is 11.6 Å². The van der Waals surface area contributed by atoms with Crippen molar-refractivity contribution in [3.63, 3.8) is 0 Å². The van der Waals surface area contributed by atoms with Crippen molar-refractivity contribution in [2.75, 3.05) is 0 Å². The van der Waals surface area contributed by atoms with Crippen molar-refractivity contribution >= 4 is 17.5 Å². The number of unbranched alkanes of at least 4 members (excludes halogenated alkanes) is 2. The first kappa shape index (κ1) is 13.8. The normalized spacial score (nSPS) is 13.8. The van der Waals surface area contributed by atoms with Crippen LogP contribution in [0.4, 0.5) is 0 Å². The number of rotatable bonds is 5. The van der Waals surface area contributed by atoms with Crippen LogP contribution < -0.4 is 5.32 Å². The molecule has 1 atom stereocenters. The lowest BCUT2D eigenvalue weighted by Gasteiger charge is -2.22. The minimum Gasteiger partial charge on any atom is -0.350 e. The summed E-state index contributed by atoms with van der Waals surface area (Å²) in [5, 5.41) is 2.50. The van der Waals surface area contributed by atoms with Crippen molar-refractivity contribution in [1.29, 1.82) is 0 Å². The SMILES string of the molecule is CCCCCC(Cl)C(=O)NC(C)(C)C. The molecular weight excluding hydrogens is 198 g/mol. The van der Waals surface area contributed by atoms with E-state index in [9.17, 15) is 4.79 Å². The Hall–Kier alpha value is -0.240. The monoisotopic (exact) mass is 219 g/mol. The Morgan fingerprint density at radius 3 is 2.36 bits per heavy atom. The summed E-state index contributed by atoms with van der Waals surface area (Å²) in [5.41, 5.74) is -0.186. The van der Waals surface area contributed by atoms with E-state index in [0.29, 0.717) is 0 Å². The molecule has 0 heterocycles. The van der Waals surface area contributed by atoms with Crippen molar-refractivity contribution < 1.29 is 4.79 Å². The third kappa shape index (κ3) is 7.19. The molecule has 0 rings (SSSR count). The molecule has 1 amide bonds. The summed E-state index contributed by atoms with van der Waals surface area (Å²) in [6.45, 7) is 8.01. The summed E-state index contributed by atoms with van der Waals surface area (Å²) in [6, 6.07) is 0. The highest BCUT2D eigenvalue weighted by Crippen LogP contribution is 2.11. The van der Waals surface area contributed by atoms with E-state index in [4.69, 9.17) is 11.6 Å². The first-order valence-electron chi connectivity index (χ1n) is 5.33. The van der Waals surface area contributed by atoms with Gasteiger partial charge in [0.25, 0.3) is 0 Å². The number of amides is 1.